The average Bonchev–Trinajstić information content (AvgIpc) is 3.09. The summed E-state index contributed by atoms with van der Waals surface area (Å²) in [5.41, 5.74) is 5.21. The number of nitrogens with two attached hydrogens (primary N) is 1. The van der Waals surface area contributed by atoms with Crippen LogP contribution < -0.4 is 11.3 Å². The SMILES string of the molecule is CCOP(O)(=S)OC1C(O)[C@H](n2cnc3c(=O)[nH]c(N)nc32)O[C@@H]1CC(C)(C)C. The molecule has 1 saturated heterocycles. The molecule has 3 heterocycles. The molecular weight excluding hydrogens is 421 g/mol. The zero-order valence-corrected chi connectivity index (χ0v) is 18.3. The Kier molecular flexibility index (Phi) is 6.17. The Labute approximate surface area is 172 Å². The van der Waals surface area contributed by atoms with Gasteiger partial charge in [0.05, 0.1) is 19.0 Å². The molecule has 5 atom stereocenters. The lowest BCUT2D eigenvalue weighted by atomic mass is 9.87. The lowest BCUT2D eigenvalue weighted by molar-refractivity contribution is -0.0454. The molecule has 0 radical (unpaired) electrons. The summed E-state index contributed by atoms with van der Waals surface area (Å²) in [5.74, 6) is -0.0852. The molecular formula is C16H26N5O6PS. The van der Waals surface area contributed by atoms with Crippen LogP contribution in [0.5, 0.6) is 0 Å². The van der Waals surface area contributed by atoms with E-state index in [0.717, 1.165) is 0 Å². The Hall–Kier alpha value is -1.40. The van der Waals surface area contributed by atoms with Gasteiger partial charge in [-0.05, 0) is 30.6 Å². The summed E-state index contributed by atoms with van der Waals surface area (Å²) in [5, 5.41) is 11.0. The maximum Gasteiger partial charge on any atom is 0.324 e. The maximum absolute atomic E-state index is 12.0. The highest BCUT2D eigenvalue weighted by atomic mass is 32.5. The van der Waals surface area contributed by atoms with Crippen molar-refractivity contribution in [2.45, 2.75) is 58.7 Å². The molecule has 0 bridgehead atoms. The summed E-state index contributed by atoms with van der Waals surface area (Å²) in [6.07, 6.45) is -1.89. The largest absolute Gasteiger partial charge is 0.386 e. The third-order valence-electron chi connectivity index (χ3n) is 4.39. The van der Waals surface area contributed by atoms with E-state index in [2.05, 4.69) is 15.0 Å². The molecule has 0 aromatic carbocycles. The summed E-state index contributed by atoms with van der Waals surface area (Å²) >= 11 is 5.04. The topological polar surface area (TPSA) is 158 Å². The van der Waals surface area contributed by atoms with Crippen molar-refractivity contribution in [1.29, 1.82) is 0 Å². The zero-order chi connectivity index (χ0) is 21.6. The first-order chi connectivity index (χ1) is 13.4. The first kappa shape index (κ1) is 22.3. The number of aliphatic hydroxyl groups excluding tert-OH is 1. The molecule has 1 aliphatic rings. The lowest BCUT2D eigenvalue weighted by Crippen LogP contribution is -2.35. The second kappa shape index (κ2) is 8.03. The van der Waals surface area contributed by atoms with Gasteiger partial charge in [-0.1, -0.05) is 20.8 Å². The molecule has 1 aliphatic heterocycles. The van der Waals surface area contributed by atoms with E-state index >= 15 is 0 Å². The van der Waals surface area contributed by atoms with Gasteiger partial charge in [0.2, 0.25) is 5.95 Å². The normalized spacial score (nSPS) is 27.4. The fourth-order valence-electron chi connectivity index (χ4n) is 3.32. The number of nitrogens with one attached hydrogen (secondary N) is 1. The van der Waals surface area contributed by atoms with Crippen LogP contribution >= 0.6 is 6.72 Å². The number of ether oxygens (including phenoxy) is 1. The second-order valence-electron chi connectivity index (χ2n) is 8.05. The predicted octanol–water partition coefficient (Wildman–Crippen LogP) is 1.03. The van der Waals surface area contributed by atoms with Crippen molar-refractivity contribution in [1.82, 2.24) is 19.5 Å². The molecule has 3 unspecified atom stereocenters. The van der Waals surface area contributed by atoms with E-state index in [0.29, 0.717) is 6.42 Å². The van der Waals surface area contributed by atoms with Crippen molar-refractivity contribution < 1.29 is 23.8 Å². The molecule has 0 saturated carbocycles. The monoisotopic (exact) mass is 447 g/mol. The lowest BCUT2D eigenvalue weighted by Gasteiger charge is -2.28. The molecule has 2 aromatic rings. The molecule has 0 spiro atoms. The van der Waals surface area contributed by atoms with Crippen LogP contribution in [0.4, 0.5) is 5.95 Å². The number of fused-ring (bicyclic) bond motifs is 1. The first-order valence-corrected chi connectivity index (χ1v) is 11.7. The number of H-pyrrole nitrogens is 1. The van der Waals surface area contributed by atoms with Gasteiger partial charge in [-0.3, -0.25) is 18.9 Å². The van der Waals surface area contributed by atoms with Crippen LogP contribution in [0.25, 0.3) is 11.2 Å². The Balaban J connectivity index is 1.99. The van der Waals surface area contributed by atoms with Gasteiger partial charge < -0.3 is 25.0 Å². The predicted molar refractivity (Wildman–Crippen MR) is 110 cm³/mol. The zero-order valence-electron chi connectivity index (χ0n) is 16.6. The van der Waals surface area contributed by atoms with Gasteiger partial charge in [0.1, 0.15) is 12.2 Å². The van der Waals surface area contributed by atoms with Crippen molar-refractivity contribution >= 4 is 35.6 Å². The summed E-state index contributed by atoms with van der Waals surface area (Å²) < 4.78 is 18.3. The van der Waals surface area contributed by atoms with Crippen molar-refractivity contribution in [3.05, 3.63) is 16.7 Å². The Morgan fingerprint density at radius 1 is 1.48 bits per heavy atom. The summed E-state index contributed by atoms with van der Waals surface area (Å²) in [6.45, 7) is 4.32. The van der Waals surface area contributed by atoms with Crippen LogP contribution in [0.1, 0.15) is 40.3 Å². The van der Waals surface area contributed by atoms with Gasteiger partial charge in [-0.15, -0.1) is 0 Å². The number of imidazole rings is 1. The van der Waals surface area contributed by atoms with Gasteiger partial charge in [-0.25, -0.2) is 4.98 Å². The van der Waals surface area contributed by atoms with Crippen LogP contribution in [0, 0.1) is 5.41 Å². The molecule has 29 heavy (non-hydrogen) atoms. The van der Waals surface area contributed by atoms with E-state index in [4.69, 9.17) is 31.3 Å². The number of hydrogen-bond donors (Lipinski definition) is 4. The molecule has 162 valence electrons. The van der Waals surface area contributed by atoms with Crippen LogP contribution in [-0.2, 0) is 25.6 Å². The fourth-order valence-corrected chi connectivity index (χ4v) is 4.89. The maximum atomic E-state index is 12.0. The highest BCUT2D eigenvalue weighted by Gasteiger charge is 2.49. The van der Waals surface area contributed by atoms with Crippen molar-refractivity contribution in [3.8, 4) is 0 Å². The number of rotatable bonds is 6. The highest BCUT2D eigenvalue weighted by Crippen LogP contribution is 2.50. The minimum atomic E-state index is -3.57. The minimum absolute atomic E-state index is 0.0633. The van der Waals surface area contributed by atoms with Crippen LogP contribution in [0.15, 0.2) is 11.1 Å². The standard InChI is InChI=1S/C16H26N5O6PS/c1-5-25-28(24,29)27-11-8(6-16(2,3)4)26-14(10(11)22)21-7-18-9-12(21)19-15(17)20-13(9)23/h7-8,10-11,14,22H,5-6H2,1-4H3,(H,24,29)(H3,17,19,20,23)/t8-,10?,11?,14-,28?/m1/s1. The Morgan fingerprint density at radius 2 is 2.17 bits per heavy atom. The molecule has 5 N–H and O–H groups in total. The number of nitrogen functional groups attached to an aromatic ring is 1. The van der Waals surface area contributed by atoms with Crippen molar-refractivity contribution in [2.75, 3.05) is 12.3 Å². The van der Waals surface area contributed by atoms with E-state index in [-0.39, 0.29) is 29.1 Å². The fraction of sp³-hybridized carbons (Fsp3) is 0.688. The van der Waals surface area contributed by atoms with E-state index in [1.54, 1.807) is 6.92 Å². The number of aromatic amines is 1. The van der Waals surface area contributed by atoms with Gasteiger partial charge in [0.15, 0.2) is 17.4 Å². The molecule has 0 amide bonds. The number of nitrogens with zero attached hydrogens (tertiary/aromatic N) is 3. The molecule has 13 heteroatoms. The molecule has 11 nitrogen and oxygen atoms in total. The minimum Gasteiger partial charge on any atom is -0.386 e. The van der Waals surface area contributed by atoms with E-state index in [9.17, 15) is 14.8 Å². The first-order valence-electron chi connectivity index (χ1n) is 9.13. The van der Waals surface area contributed by atoms with Gasteiger partial charge in [0.25, 0.3) is 5.56 Å². The average molecular weight is 447 g/mol. The molecule has 1 fully saturated rings. The summed E-state index contributed by atoms with van der Waals surface area (Å²) in [7, 11) is 0. The quantitative estimate of drug-likeness (QED) is 0.471. The van der Waals surface area contributed by atoms with Crippen molar-refractivity contribution in [3.63, 3.8) is 0 Å². The van der Waals surface area contributed by atoms with Crippen LogP contribution in [-0.4, -0.2) is 54.4 Å². The summed E-state index contributed by atoms with van der Waals surface area (Å²) in [6, 6.07) is 0. The highest BCUT2D eigenvalue weighted by molar-refractivity contribution is 8.07. The third kappa shape index (κ3) is 4.85. The molecule has 0 aliphatic carbocycles. The van der Waals surface area contributed by atoms with Gasteiger partial charge >= 0.3 is 6.72 Å². The number of aromatic nitrogens is 4. The van der Waals surface area contributed by atoms with E-state index in [1.807, 2.05) is 20.8 Å². The summed E-state index contributed by atoms with van der Waals surface area (Å²) in [4.78, 5) is 32.9. The Morgan fingerprint density at radius 3 is 2.79 bits per heavy atom. The third-order valence-corrected chi connectivity index (χ3v) is 6.06. The number of anilines is 1. The number of aliphatic hydroxyl groups is 1. The smallest absolute Gasteiger partial charge is 0.324 e. The van der Waals surface area contributed by atoms with E-state index in [1.165, 1.54) is 10.9 Å². The van der Waals surface area contributed by atoms with Crippen molar-refractivity contribution in [2.24, 2.45) is 5.41 Å². The Bertz CT molecular complexity index is 988. The molecule has 3 rings (SSSR count). The number of hydrogen-bond acceptors (Lipinski definition) is 9. The van der Waals surface area contributed by atoms with Gasteiger partial charge in [-0.2, -0.15) is 4.98 Å². The van der Waals surface area contributed by atoms with Crippen LogP contribution in [0.3, 0.4) is 0 Å². The second-order valence-corrected chi connectivity index (χ2v) is 10.8. The molecule has 2 aromatic heterocycles. The van der Waals surface area contributed by atoms with Gasteiger partial charge in [0, 0.05) is 0 Å². The van der Waals surface area contributed by atoms with Crippen LogP contribution in [0.2, 0.25) is 0 Å². The van der Waals surface area contributed by atoms with E-state index < -0.39 is 36.8 Å².